The number of hydrogen-bond donors (Lipinski definition) is 2. The minimum atomic E-state index is -1.03. The van der Waals surface area contributed by atoms with Crippen molar-refractivity contribution in [3.8, 4) is 0 Å². The van der Waals surface area contributed by atoms with Crippen LogP contribution in [-0.4, -0.2) is 22.4 Å². The predicted octanol–water partition coefficient (Wildman–Crippen LogP) is 2.67. The molecule has 0 fully saturated rings. The van der Waals surface area contributed by atoms with Crippen molar-refractivity contribution >= 4 is 0 Å². The third-order valence-corrected chi connectivity index (χ3v) is 3.37. The molecule has 1 aromatic rings. The van der Waals surface area contributed by atoms with E-state index in [-0.39, 0.29) is 17.9 Å². The van der Waals surface area contributed by atoms with Gasteiger partial charge < -0.3 is 10.2 Å². The van der Waals surface area contributed by atoms with Crippen LogP contribution >= 0.6 is 0 Å². The van der Waals surface area contributed by atoms with Gasteiger partial charge in [0.1, 0.15) is 11.6 Å². The lowest BCUT2D eigenvalue weighted by molar-refractivity contribution is -0.0191. The first kappa shape index (κ1) is 15.1. The van der Waals surface area contributed by atoms with Crippen LogP contribution in [0, 0.1) is 17.6 Å². The van der Waals surface area contributed by atoms with Crippen molar-refractivity contribution in [1.29, 1.82) is 0 Å². The van der Waals surface area contributed by atoms with Crippen LogP contribution in [-0.2, 0) is 6.42 Å². The molecule has 18 heavy (non-hydrogen) atoms. The summed E-state index contributed by atoms with van der Waals surface area (Å²) < 4.78 is 26.1. The topological polar surface area (TPSA) is 40.5 Å². The van der Waals surface area contributed by atoms with Crippen LogP contribution in [0.2, 0.25) is 0 Å². The fourth-order valence-corrected chi connectivity index (χ4v) is 2.12. The number of hydrogen-bond acceptors (Lipinski definition) is 2. The van der Waals surface area contributed by atoms with E-state index in [2.05, 4.69) is 0 Å². The first-order valence-electron chi connectivity index (χ1n) is 6.29. The molecule has 0 heterocycles. The molecular formula is C14H20F2O2. The number of aliphatic hydroxyl groups excluding tert-OH is 2. The summed E-state index contributed by atoms with van der Waals surface area (Å²) in [6.45, 7) is 3.87. The van der Waals surface area contributed by atoms with Gasteiger partial charge in [-0.15, -0.1) is 0 Å². The van der Waals surface area contributed by atoms with E-state index in [1.165, 1.54) is 6.07 Å². The van der Waals surface area contributed by atoms with Crippen LogP contribution in [0.5, 0.6) is 0 Å². The average Bonchev–Trinajstić information content (AvgIpc) is 2.34. The predicted molar refractivity (Wildman–Crippen MR) is 66.1 cm³/mol. The standard InChI is InChI=1S/C14H20F2O2/c1-3-9(4-2)14(18)13(17)7-10-5-6-11(15)8-12(10)16/h5-6,8-9,13-14,17-18H,3-4,7H2,1-2H3. The molecular weight excluding hydrogens is 238 g/mol. The molecule has 2 unspecified atom stereocenters. The SMILES string of the molecule is CCC(CC)C(O)C(O)Cc1ccc(F)cc1F. The van der Waals surface area contributed by atoms with E-state index in [0.29, 0.717) is 0 Å². The molecule has 0 saturated carbocycles. The first-order chi connectivity index (χ1) is 8.49. The second kappa shape index (κ2) is 6.81. The lowest BCUT2D eigenvalue weighted by Gasteiger charge is -2.25. The fraction of sp³-hybridized carbons (Fsp3) is 0.571. The summed E-state index contributed by atoms with van der Waals surface area (Å²) in [5.74, 6) is -1.35. The van der Waals surface area contributed by atoms with Gasteiger partial charge >= 0.3 is 0 Å². The third kappa shape index (κ3) is 3.75. The first-order valence-corrected chi connectivity index (χ1v) is 6.29. The molecule has 1 rings (SSSR count). The van der Waals surface area contributed by atoms with Gasteiger partial charge in [-0.25, -0.2) is 8.78 Å². The van der Waals surface area contributed by atoms with Crippen molar-refractivity contribution in [3.05, 3.63) is 35.4 Å². The molecule has 0 aliphatic rings. The Bertz CT molecular complexity index is 378. The minimum Gasteiger partial charge on any atom is -0.390 e. The Morgan fingerprint density at radius 2 is 1.72 bits per heavy atom. The second-order valence-corrected chi connectivity index (χ2v) is 4.57. The fourth-order valence-electron chi connectivity index (χ4n) is 2.12. The van der Waals surface area contributed by atoms with Gasteiger partial charge in [-0.05, 0) is 17.5 Å². The van der Waals surface area contributed by atoms with Crippen molar-refractivity contribution in [2.24, 2.45) is 5.92 Å². The smallest absolute Gasteiger partial charge is 0.129 e. The summed E-state index contributed by atoms with van der Waals surface area (Å²) in [4.78, 5) is 0. The highest BCUT2D eigenvalue weighted by Crippen LogP contribution is 2.20. The molecule has 0 aliphatic heterocycles. The molecule has 102 valence electrons. The van der Waals surface area contributed by atoms with Crippen molar-refractivity contribution in [1.82, 2.24) is 0 Å². The average molecular weight is 258 g/mol. The summed E-state index contributed by atoms with van der Waals surface area (Å²) in [7, 11) is 0. The van der Waals surface area contributed by atoms with Gasteiger partial charge in [0.2, 0.25) is 0 Å². The Morgan fingerprint density at radius 3 is 2.22 bits per heavy atom. The van der Waals surface area contributed by atoms with Gasteiger partial charge in [-0.3, -0.25) is 0 Å². The molecule has 4 heteroatoms. The van der Waals surface area contributed by atoms with Gasteiger partial charge in [0.15, 0.2) is 0 Å². The minimum absolute atomic E-state index is 0.0101. The molecule has 2 N–H and O–H groups in total. The molecule has 0 bridgehead atoms. The zero-order valence-electron chi connectivity index (χ0n) is 10.7. The van der Waals surface area contributed by atoms with Crippen LogP contribution in [0.4, 0.5) is 8.78 Å². The monoisotopic (exact) mass is 258 g/mol. The molecule has 0 spiro atoms. The van der Waals surface area contributed by atoms with E-state index >= 15 is 0 Å². The van der Waals surface area contributed by atoms with E-state index < -0.39 is 23.8 Å². The molecule has 0 saturated heterocycles. The zero-order chi connectivity index (χ0) is 13.7. The van der Waals surface area contributed by atoms with Crippen molar-refractivity contribution in [2.75, 3.05) is 0 Å². The van der Waals surface area contributed by atoms with Crippen LogP contribution in [0.15, 0.2) is 18.2 Å². The maximum absolute atomic E-state index is 13.4. The van der Waals surface area contributed by atoms with E-state index in [9.17, 15) is 19.0 Å². The molecule has 0 amide bonds. The molecule has 0 aliphatic carbocycles. The van der Waals surface area contributed by atoms with Crippen molar-refractivity contribution < 1.29 is 19.0 Å². The Labute approximate surface area is 106 Å². The maximum atomic E-state index is 13.4. The van der Waals surface area contributed by atoms with E-state index in [4.69, 9.17) is 0 Å². The van der Waals surface area contributed by atoms with Crippen LogP contribution < -0.4 is 0 Å². The summed E-state index contributed by atoms with van der Waals surface area (Å²) in [6, 6.07) is 3.23. The number of benzene rings is 1. The summed E-state index contributed by atoms with van der Waals surface area (Å²) >= 11 is 0. The summed E-state index contributed by atoms with van der Waals surface area (Å²) in [5, 5.41) is 19.8. The van der Waals surface area contributed by atoms with Gasteiger partial charge in [0.25, 0.3) is 0 Å². The van der Waals surface area contributed by atoms with Gasteiger partial charge in [-0.2, -0.15) is 0 Å². The Kier molecular flexibility index (Phi) is 5.69. The van der Waals surface area contributed by atoms with Crippen LogP contribution in [0.3, 0.4) is 0 Å². The van der Waals surface area contributed by atoms with Crippen LogP contribution in [0.1, 0.15) is 32.3 Å². The number of halogens is 2. The Morgan fingerprint density at radius 1 is 1.11 bits per heavy atom. The lowest BCUT2D eigenvalue weighted by atomic mass is 9.90. The van der Waals surface area contributed by atoms with Crippen molar-refractivity contribution in [2.45, 2.75) is 45.3 Å². The molecule has 2 nitrogen and oxygen atoms in total. The second-order valence-electron chi connectivity index (χ2n) is 4.57. The highest BCUT2D eigenvalue weighted by Gasteiger charge is 2.24. The molecule has 0 aromatic heterocycles. The zero-order valence-corrected chi connectivity index (χ0v) is 10.7. The van der Waals surface area contributed by atoms with Gasteiger partial charge in [0, 0.05) is 12.5 Å². The van der Waals surface area contributed by atoms with E-state index in [1.807, 2.05) is 13.8 Å². The largest absolute Gasteiger partial charge is 0.390 e. The third-order valence-electron chi connectivity index (χ3n) is 3.37. The van der Waals surface area contributed by atoms with Crippen molar-refractivity contribution in [3.63, 3.8) is 0 Å². The highest BCUT2D eigenvalue weighted by molar-refractivity contribution is 5.19. The number of aliphatic hydroxyl groups is 2. The summed E-state index contributed by atoms with van der Waals surface area (Å²) in [6.07, 6.45) is -0.426. The molecule has 0 radical (unpaired) electrons. The Balaban J connectivity index is 2.71. The van der Waals surface area contributed by atoms with Gasteiger partial charge in [0.05, 0.1) is 12.2 Å². The lowest BCUT2D eigenvalue weighted by Crippen LogP contribution is -2.34. The highest BCUT2D eigenvalue weighted by atomic mass is 19.1. The molecule has 2 atom stereocenters. The van der Waals surface area contributed by atoms with Crippen LogP contribution in [0.25, 0.3) is 0 Å². The quantitative estimate of drug-likeness (QED) is 0.823. The molecule has 1 aromatic carbocycles. The van der Waals surface area contributed by atoms with E-state index in [1.54, 1.807) is 0 Å². The van der Waals surface area contributed by atoms with Gasteiger partial charge in [-0.1, -0.05) is 32.8 Å². The maximum Gasteiger partial charge on any atom is 0.129 e. The Hall–Kier alpha value is -1.00. The number of rotatable bonds is 6. The summed E-state index contributed by atoms with van der Waals surface area (Å²) in [5.41, 5.74) is 0.217. The normalized spacial score (nSPS) is 14.8. The van der Waals surface area contributed by atoms with E-state index in [0.717, 1.165) is 25.0 Å².